The first-order valence-corrected chi connectivity index (χ1v) is 8.03. The van der Waals surface area contributed by atoms with Crippen LogP contribution in [0.2, 0.25) is 0 Å². The fourth-order valence-electron chi connectivity index (χ4n) is 1.86. The summed E-state index contributed by atoms with van der Waals surface area (Å²) in [5.74, 6) is 0.899. The van der Waals surface area contributed by atoms with Crippen molar-refractivity contribution in [2.24, 2.45) is 0 Å². The SMILES string of the molecule is CN(CCOc1cccc(Br)c1)Cc1ccc(Br)cc1. The molecular formula is C16H17Br2NO. The standard InChI is InChI=1S/C16H17Br2NO/c1-19(12-13-5-7-14(17)8-6-13)9-10-20-16-4-2-3-15(18)11-16/h2-8,11H,9-10,12H2,1H3. The van der Waals surface area contributed by atoms with Gasteiger partial charge < -0.3 is 4.74 Å². The number of hydrogen-bond donors (Lipinski definition) is 0. The van der Waals surface area contributed by atoms with Crippen LogP contribution in [0.15, 0.2) is 57.5 Å². The first-order valence-electron chi connectivity index (χ1n) is 6.45. The third-order valence-electron chi connectivity index (χ3n) is 2.90. The summed E-state index contributed by atoms with van der Waals surface area (Å²) in [7, 11) is 2.10. The minimum atomic E-state index is 0.684. The van der Waals surface area contributed by atoms with Gasteiger partial charge in [0.1, 0.15) is 12.4 Å². The van der Waals surface area contributed by atoms with Gasteiger partial charge in [0.2, 0.25) is 0 Å². The molecule has 0 aliphatic heterocycles. The molecule has 0 aliphatic rings. The molecule has 0 aromatic heterocycles. The highest BCUT2D eigenvalue weighted by molar-refractivity contribution is 9.10. The molecule has 0 unspecified atom stereocenters. The van der Waals surface area contributed by atoms with E-state index in [1.165, 1.54) is 5.56 Å². The van der Waals surface area contributed by atoms with Gasteiger partial charge in [0, 0.05) is 22.0 Å². The minimum absolute atomic E-state index is 0.684. The third-order valence-corrected chi connectivity index (χ3v) is 3.93. The molecule has 0 atom stereocenters. The van der Waals surface area contributed by atoms with Gasteiger partial charge in [0.05, 0.1) is 0 Å². The summed E-state index contributed by atoms with van der Waals surface area (Å²) in [6.07, 6.45) is 0. The Morgan fingerprint density at radius 2 is 1.75 bits per heavy atom. The maximum atomic E-state index is 5.74. The summed E-state index contributed by atoms with van der Waals surface area (Å²) >= 11 is 6.89. The molecule has 0 radical (unpaired) electrons. The molecule has 0 aliphatic carbocycles. The number of rotatable bonds is 6. The number of ether oxygens (including phenoxy) is 1. The predicted molar refractivity (Wildman–Crippen MR) is 90.1 cm³/mol. The second-order valence-electron chi connectivity index (χ2n) is 4.67. The van der Waals surface area contributed by atoms with Crippen LogP contribution < -0.4 is 4.74 Å². The summed E-state index contributed by atoms with van der Waals surface area (Å²) in [5, 5.41) is 0. The van der Waals surface area contributed by atoms with E-state index in [0.717, 1.165) is 27.8 Å². The molecule has 0 N–H and O–H groups in total. The van der Waals surface area contributed by atoms with E-state index < -0.39 is 0 Å². The van der Waals surface area contributed by atoms with Crippen LogP contribution in [0, 0.1) is 0 Å². The van der Waals surface area contributed by atoms with Gasteiger partial charge in [-0.1, -0.05) is 50.1 Å². The number of hydrogen-bond acceptors (Lipinski definition) is 2. The molecule has 2 rings (SSSR count). The zero-order chi connectivity index (χ0) is 14.4. The van der Waals surface area contributed by atoms with Crippen molar-refractivity contribution < 1.29 is 4.74 Å². The van der Waals surface area contributed by atoms with Crippen molar-refractivity contribution in [3.8, 4) is 5.75 Å². The van der Waals surface area contributed by atoms with Crippen molar-refractivity contribution in [3.05, 3.63) is 63.0 Å². The van der Waals surface area contributed by atoms with Crippen LogP contribution >= 0.6 is 31.9 Å². The van der Waals surface area contributed by atoms with Gasteiger partial charge in [-0.15, -0.1) is 0 Å². The first kappa shape index (κ1) is 15.5. The van der Waals surface area contributed by atoms with Gasteiger partial charge in [-0.2, -0.15) is 0 Å². The molecule has 0 spiro atoms. The zero-order valence-electron chi connectivity index (χ0n) is 11.4. The summed E-state index contributed by atoms with van der Waals surface area (Å²) < 4.78 is 7.89. The highest BCUT2D eigenvalue weighted by Crippen LogP contribution is 2.17. The Morgan fingerprint density at radius 1 is 1.00 bits per heavy atom. The van der Waals surface area contributed by atoms with E-state index in [2.05, 4.69) is 68.1 Å². The van der Waals surface area contributed by atoms with Gasteiger partial charge in [0.15, 0.2) is 0 Å². The van der Waals surface area contributed by atoms with Crippen LogP contribution in [0.5, 0.6) is 5.75 Å². The smallest absolute Gasteiger partial charge is 0.120 e. The lowest BCUT2D eigenvalue weighted by molar-refractivity contribution is 0.233. The van der Waals surface area contributed by atoms with E-state index in [-0.39, 0.29) is 0 Å². The second-order valence-corrected chi connectivity index (χ2v) is 6.50. The lowest BCUT2D eigenvalue weighted by Gasteiger charge is -2.17. The predicted octanol–water partition coefficient (Wildman–Crippen LogP) is 4.72. The quantitative estimate of drug-likeness (QED) is 0.697. The molecular weight excluding hydrogens is 382 g/mol. The van der Waals surface area contributed by atoms with Crippen LogP contribution in [0.25, 0.3) is 0 Å². The maximum Gasteiger partial charge on any atom is 0.120 e. The van der Waals surface area contributed by atoms with Gasteiger partial charge in [-0.25, -0.2) is 0 Å². The fraction of sp³-hybridized carbons (Fsp3) is 0.250. The van der Waals surface area contributed by atoms with Crippen molar-refractivity contribution in [3.63, 3.8) is 0 Å². The molecule has 106 valence electrons. The zero-order valence-corrected chi connectivity index (χ0v) is 14.5. The van der Waals surface area contributed by atoms with Crippen molar-refractivity contribution in [1.29, 1.82) is 0 Å². The minimum Gasteiger partial charge on any atom is -0.492 e. The lowest BCUT2D eigenvalue weighted by Crippen LogP contribution is -2.23. The number of benzene rings is 2. The molecule has 2 aromatic carbocycles. The summed E-state index contributed by atoms with van der Waals surface area (Å²) in [6.45, 7) is 2.50. The van der Waals surface area contributed by atoms with Crippen LogP contribution in [-0.4, -0.2) is 25.1 Å². The topological polar surface area (TPSA) is 12.5 Å². The van der Waals surface area contributed by atoms with E-state index in [4.69, 9.17) is 4.74 Å². The normalized spacial score (nSPS) is 10.8. The Labute approximate surface area is 137 Å². The van der Waals surface area contributed by atoms with E-state index >= 15 is 0 Å². The van der Waals surface area contributed by atoms with Crippen LogP contribution in [-0.2, 0) is 6.54 Å². The van der Waals surface area contributed by atoms with Crippen LogP contribution in [0.1, 0.15) is 5.56 Å². The van der Waals surface area contributed by atoms with Crippen molar-refractivity contribution >= 4 is 31.9 Å². The number of halogens is 2. The van der Waals surface area contributed by atoms with E-state index in [1.807, 2.05) is 24.3 Å². The van der Waals surface area contributed by atoms with Gasteiger partial charge in [-0.3, -0.25) is 4.90 Å². The summed E-state index contributed by atoms with van der Waals surface area (Å²) in [5.41, 5.74) is 1.30. The molecule has 4 heteroatoms. The van der Waals surface area contributed by atoms with Gasteiger partial charge in [0.25, 0.3) is 0 Å². The van der Waals surface area contributed by atoms with Crippen molar-refractivity contribution in [1.82, 2.24) is 4.90 Å². The number of nitrogens with zero attached hydrogens (tertiary/aromatic N) is 1. The highest BCUT2D eigenvalue weighted by Gasteiger charge is 2.01. The van der Waals surface area contributed by atoms with Crippen molar-refractivity contribution in [2.75, 3.05) is 20.2 Å². The Kier molecular flexibility index (Phi) is 6.07. The highest BCUT2D eigenvalue weighted by atomic mass is 79.9. The first-order chi connectivity index (χ1) is 9.63. The maximum absolute atomic E-state index is 5.74. The summed E-state index contributed by atoms with van der Waals surface area (Å²) in [4.78, 5) is 2.25. The number of likely N-dealkylation sites (N-methyl/N-ethyl adjacent to an activating group) is 1. The van der Waals surface area contributed by atoms with Crippen LogP contribution in [0.4, 0.5) is 0 Å². The molecule has 0 saturated carbocycles. The molecule has 0 fully saturated rings. The fourth-order valence-corrected chi connectivity index (χ4v) is 2.50. The second kappa shape index (κ2) is 7.81. The third kappa shape index (κ3) is 5.27. The van der Waals surface area contributed by atoms with Gasteiger partial charge >= 0.3 is 0 Å². The van der Waals surface area contributed by atoms with E-state index in [1.54, 1.807) is 0 Å². The Balaban J connectivity index is 1.75. The average Bonchev–Trinajstić information content (AvgIpc) is 2.41. The molecule has 2 nitrogen and oxygen atoms in total. The average molecular weight is 399 g/mol. The molecule has 0 amide bonds. The molecule has 0 saturated heterocycles. The molecule has 20 heavy (non-hydrogen) atoms. The van der Waals surface area contributed by atoms with E-state index in [0.29, 0.717) is 6.61 Å². The molecule has 2 aromatic rings. The Bertz CT molecular complexity index is 542. The Hall–Kier alpha value is -0.840. The lowest BCUT2D eigenvalue weighted by atomic mass is 10.2. The summed E-state index contributed by atoms with van der Waals surface area (Å²) in [6, 6.07) is 16.3. The Morgan fingerprint density at radius 3 is 2.45 bits per heavy atom. The van der Waals surface area contributed by atoms with Crippen molar-refractivity contribution in [2.45, 2.75) is 6.54 Å². The molecule has 0 bridgehead atoms. The van der Waals surface area contributed by atoms with Crippen LogP contribution in [0.3, 0.4) is 0 Å². The van der Waals surface area contributed by atoms with E-state index in [9.17, 15) is 0 Å². The van der Waals surface area contributed by atoms with Gasteiger partial charge in [-0.05, 0) is 42.9 Å². The monoisotopic (exact) mass is 397 g/mol. The largest absolute Gasteiger partial charge is 0.492 e. The molecule has 0 heterocycles.